The number of aliphatic hydroxyl groups excluding tert-OH is 1. The molecule has 94 valence electrons. The Morgan fingerprint density at radius 3 is 2.35 bits per heavy atom. The molecule has 0 aliphatic heterocycles. The van der Waals surface area contributed by atoms with Gasteiger partial charge in [0, 0.05) is 0 Å². The lowest BCUT2D eigenvalue weighted by Gasteiger charge is -2.25. The van der Waals surface area contributed by atoms with Crippen molar-refractivity contribution < 1.29 is 9.84 Å². The number of ether oxygens (including phenoxy) is 1. The molecule has 1 aliphatic rings. The van der Waals surface area contributed by atoms with Crippen LogP contribution in [0.2, 0.25) is 0 Å². The fourth-order valence-electron chi connectivity index (χ4n) is 2.60. The van der Waals surface area contributed by atoms with Crippen LogP contribution >= 0.6 is 0 Å². The lowest BCUT2D eigenvalue weighted by atomic mass is 9.84. The van der Waals surface area contributed by atoms with Crippen molar-refractivity contribution in [3.05, 3.63) is 29.8 Å². The molecule has 0 amide bonds. The van der Waals surface area contributed by atoms with Crippen LogP contribution in [0.1, 0.15) is 37.7 Å². The maximum absolute atomic E-state index is 9.46. The van der Waals surface area contributed by atoms with E-state index in [1.807, 2.05) is 12.1 Å². The second kappa shape index (κ2) is 6.06. The van der Waals surface area contributed by atoms with Crippen LogP contribution in [0.5, 0.6) is 5.75 Å². The van der Waals surface area contributed by atoms with E-state index in [0.717, 1.165) is 30.9 Å². The Morgan fingerprint density at radius 1 is 1.12 bits per heavy atom. The van der Waals surface area contributed by atoms with Crippen molar-refractivity contribution in [2.45, 2.75) is 44.6 Å². The van der Waals surface area contributed by atoms with Gasteiger partial charge in [0.25, 0.3) is 0 Å². The summed E-state index contributed by atoms with van der Waals surface area (Å²) in [6.07, 6.45) is 6.73. The highest BCUT2D eigenvalue weighted by Gasteiger charge is 2.18. The highest BCUT2D eigenvalue weighted by molar-refractivity contribution is 5.27. The second-order valence-corrected chi connectivity index (χ2v) is 5.06. The molecule has 0 saturated heterocycles. The standard InChI is InChI=1S/C15H22O2/c1-17-15-10-6-13(7-11-15)3-2-12-4-8-14(16)9-5-12/h6-7,10-12,14,16H,2-5,8-9H2,1H3. The molecule has 0 aromatic heterocycles. The summed E-state index contributed by atoms with van der Waals surface area (Å²) < 4.78 is 5.15. The quantitative estimate of drug-likeness (QED) is 0.867. The molecule has 1 aliphatic carbocycles. The van der Waals surface area contributed by atoms with Gasteiger partial charge in [0.1, 0.15) is 5.75 Å². The van der Waals surface area contributed by atoms with Gasteiger partial charge in [-0.25, -0.2) is 0 Å². The molecular weight excluding hydrogens is 212 g/mol. The molecule has 1 aromatic rings. The third-order valence-electron chi connectivity index (χ3n) is 3.82. The fourth-order valence-corrected chi connectivity index (χ4v) is 2.60. The number of rotatable bonds is 4. The topological polar surface area (TPSA) is 29.5 Å². The fraction of sp³-hybridized carbons (Fsp3) is 0.600. The summed E-state index contributed by atoms with van der Waals surface area (Å²) in [5.41, 5.74) is 1.39. The minimum absolute atomic E-state index is 0.0350. The molecular formula is C15H22O2. The van der Waals surface area contributed by atoms with Crippen LogP contribution in [0, 0.1) is 5.92 Å². The zero-order valence-electron chi connectivity index (χ0n) is 10.6. The largest absolute Gasteiger partial charge is 0.497 e. The van der Waals surface area contributed by atoms with Crippen molar-refractivity contribution >= 4 is 0 Å². The monoisotopic (exact) mass is 234 g/mol. The van der Waals surface area contributed by atoms with Crippen LogP contribution in [0.3, 0.4) is 0 Å². The first kappa shape index (κ1) is 12.4. The predicted octanol–water partition coefficient (Wildman–Crippen LogP) is 3.18. The number of aryl methyl sites for hydroxylation is 1. The summed E-state index contributed by atoms with van der Waals surface area (Å²) in [7, 11) is 1.70. The van der Waals surface area contributed by atoms with Crippen LogP contribution in [-0.2, 0) is 6.42 Å². The molecule has 2 nitrogen and oxygen atoms in total. The summed E-state index contributed by atoms with van der Waals surface area (Å²) in [6.45, 7) is 0. The maximum atomic E-state index is 9.46. The van der Waals surface area contributed by atoms with Crippen molar-refractivity contribution in [1.82, 2.24) is 0 Å². The molecule has 0 bridgehead atoms. The van der Waals surface area contributed by atoms with Crippen molar-refractivity contribution in [1.29, 1.82) is 0 Å². The maximum Gasteiger partial charge on any atom is 0.118 e. The molecule has 1 N–H and O–H groups in total. The minimum Gasteiger partial charge on any atom is -0.497 e. The average molecular weight is 234 g/mol. The van der Waals surface area contributed by atoms with Crippen LogP contribution in [0.4, 0.5) is 0 Å². The van der Waals surface area contributed by atoms with E-state index in [4.69, 9.17) is 4.74 Å². The first-order chi connectivity index (χ1) is 8.28. The van der Waals surface area contributed by atoms with Gasteiger partial charge < -0.3 is 9.84 Å². The van der Waals surface area contributed by atoms with E-state index in [9.17, 15) is 5.11 Å². The van der Waals surface area contributed by atoms with Gasteiger partial charge in [0.05, 0.1) is 13.2 Å². The Labute approximate surface area is 104 Å². The first-order valence-electron chi connectivity index (χ1n) is 6.59. The third kappa shape index (κ3) is 3.74. The van der Waals surface area contributed by atoms with Gasteiger partial charge in [-0.3, -0.25) is 0 Å². The summed E-state index contributed by atoms with van der Waals surface area (Å²) in [4.78, 5) is 0. The number of methoxy groups -OCH3 is 1. The number of aliphatic hydroxyl groups is 1. The van der Waals surface area contributed by atoms with E-state index < -0.39 is 0 Å². The molecule has 1 aromatic carbocycles. The average Bonchev–Trinajstić information content (AvgIpc) is 2.39. The molecule has 0 unspecified atom stereocenters. The summed E-state index contributed by atoms with van der Waals surface area (Å²) in [5, 5.41) is 9.46. The number of hydrogen-bond acceptors (Lipinski definition) is 2. The van der Waals surface area contributed by atoms with Crippen molar-refractivity contribution in [2.24, 2.45) is 5.92 Å². The normalized spacial score (nSPS) is 24.6. The Hall–Kier alpha value is -1.02. The van der Waals surface area contributed by atoms with Gasteiger partial charge in [-0.2, -0.15) is 0 Å². The molecule has 1 fully saturated rings. The van der Waals surface area contributed by atoms with E-state index >= 15 is 0 Å². The zero-order valence-corrected chi connectivity index (χ0v) is 10.6. The molecule has 2 heteroatoms. The Kier molecular flexibility index (Phi) is 4.43. The molecule has 17 heavy (non-hydrogen) atoms. The van der Waals surface area contributed by atoms with Gasteiger partial charge in [-0.05, 0) is 62.1 Å². The van der Waals surface area contributed by atoms with Crippen LogP contribution < -0.4 is 4.74 Å². The van der Waals surface area contributed by atoms with Crippen molar-refractivity contribution in [2.75, 3.05) is 7.11 Å². The summed E-state index contributed by atoms with van der Waals surface area (Å²) >= 11 is 0. The molecule has 0 spiro atoms. The van der Waals surface area contributed by atoms with E-state index in [0.29, 0.717) is 0 Å². The molecule has 2 rings (SSSR count). The lowest BCUT2D eigenvalue weighted by molar-refractivity contribution is 0.106. The van der Waals surface area contributed by atoms with Crippen molar-refractivity contribution in [3.8, 4) is 5.75 Å². The van der Waals surface area contributed by atoms with Gasteiger partial charge in [-0.15, -0.1) is 0 Å². The Bertz CT molecular complexity index is 323. The van der Waals surface area contributed by atoms with Crippen LogP contribution in [-0.4, -0.2) is 18.3 Å². The van der Waals surface area contributed by atoms with Crippen LogP contribution in [0.15, 0.2) is 24.3 Å². The van der Waals surface area contributed by atoms with Gasteiger partial charge in [0.15, 0.2) is 0 Å². The minimum atomic E-state index is -0.0350. The van der Waals surface area contributed by atoms with E-state index in [-0.39, 0.29) is 6.10 Å². The summed E-state index contributed by atoms with van der Waals surface area (Å²) in [5.74, 6) is 1.73. The first-order valence-corrected chi connectivity index (χ1v) is 6.59. The second-order valence-electron chi connectivity index (χ2n) is 5.06. The number of benzene rings is 1. The Morgan fingerprint density at radius 2 is 1.76 bits per heavy atom. The third-order valence-corrected chi connectivity index (χ3v) is 3.82. The van der Waals surface area contributed by atoms with Gasteiger partial charge in [0.2, 0.25) is 0 Å². The van der Waals surface area contributed by atoms with Gasteiger partial charge >= 0.3 is 0 Å². The van der Waals surface area contributed by atoms with Crippen molar-refractivity contribution in [3.63, 3.8) is 0 Å². The Balaban J connectivity index is 1.77. The molecule has 0 heterocycles. The SMILES string of the molecule is COc1ccc(CCC2CCC(O)CC2)cc1. The van der Waals surface area contributed by atoms with E-state index in [1.165, 1.54) is 24.8 Å². The smallest absolute Gasteiger partial charge is 0.118 e. The van der Waals surface area contributed by atoms with E-state index in [1.54, 1.807) is 7.11 Å². The predicted molar refractivity (Wildman–Crippen MR) is 69.3 cm³/mol. The molecule has 1 saturated carbocycles. The number of hydrogen-bond donors (Lipinski definition) is 1. The van der Waals surface area contributed by atoms with Crippen LogP contribution in [0.25, 0.3) is 0 Å². The zero-order chi connectivity index (χ0) is 12.1. The molecule has 0 atom stereocenters. The lowest BCUT2D eigenvalue weighted by Crippen LogP contribution is -2.18. The van der Waals surface area contributed by atoms with E-state index in [2.05, 4.69) is 12.1 Å². The molecule has 0 radical (unpaired) electrons. The highest BCUT2D eigenvalue weighted by Crippen LogP contribution is 2.28. The summed E-state index contributed by atoms with van der Waals surface area (Å²) in [6, 6.07) is 8.35. The highest BCUT2D eigenvalue weighted by atomic mass is 16.5. The van der Waals surface area contributed by atoms with Gasteiger partial charge in [-0.1, -0.05) is 12.1 Å².